The van der Waals surface area contributed by atoms with Gasteiger partial charge in [-0.1, -0.05) is 27.7 Å². The summed E-state index contributed by atoms with van der Waals surface area (Å²) in [6, 6.07) is 2.22. The van der Waals surface area contributed by atoms with Gasteiger partial charge in [0.05, 0.1) is 0 Å². The molecule has 3 heteroatoms. The molecule has 0 atom stereocenters. The smallest absolute Gasteiger partial charge is 0.0331 e. The second kappa shape index (κ2) is 10.5. The van der Waals surface area contributed by atoms with Crippen molar-refractivity contribution in [1.29, 1.82) is 0 Å². The van der Waals surface area contributed by atoms with Crippen LogP contribution in [-0.4, -0.2) is 43.0 Å². The maximum atomic E-state index is 2.55. The van der Waals surface area contributed by atoms with Crippen LogP contribution >= 0.6 is 11.3 Å². The zero-order chi connectivity index (χ0) is 14.0. The van der Waals surface area contributed by atoms with E-state index in [9.17, 15) is 0 Å². The van der Waals surface area contributed by atoms with Gasteiger partial charge in [0.15, 0.2) is 0 Å². The molecule has 1 fully saturated rings. The first kappa shape index (κ1) is 17.6. The van der Waals surface area contributed by atoms with Crippen LogP contribution in [0.25, 0.3) is 0 Å². The van der Waals surface area contributed by atoms with Gasteiger partial charge in [-0.2, -0.15) is 0 Å². The Labute approximate surface area is 118 Å². The Bertz CT molecular complexity index is 288. The monoisotopic (exact) mass is 270 g/mol. The van der Waals surface area contributed by atoms with Crippen molar-refractivity contribution < 1.29 is 0 Å². The van der Waals surface area contributed by atoms with Gasteiger partial charge in [0, 0.05) is 37.6 Å². The lowest BCUT2D eigenvalue weighted by Gasteiger charge is -2.32. The predicted octanol–water partition coefficient (Wildman–Crippen LogP) is 3.86. The van der Waals surface area contributed by atoms with Gasteiger partial charge in [-0.25, -0.2) is 0 Å². The summed E-state index contributed by atoms with van der Waals surface area (Å²) in [5, 5.41) is 2.20. The Morgan fingerprint density at radius 3 is 2.06 bits per heavy atom. The molecule has 0 radical (unpaired) electrons. The molecule has 1 aliphatic rings. The minimum absolute atomic E-state index is 1.15. The van der Waals surface area contributed by atoms with Gasteiger partial charge in [-0.15, -0.1) is 11.3 Å². The Balaban J connectivity index is 0.000000659. The Morgan fingerprint density at radius 1 is 1.06 bits per heavy atom. The molecule has 0 saturated carbocycles. The van der Waals surface area contributed by atoms with E-state index in [1.807, 2.05) is 39.0 Å². The first-order valence-corrected chi connectivity index (χ1v) is 8.07. The first-order chi connectivity index (χ1) is 8.75. The van der Waals surface area contributed by atoms with Crippen LogP contribution in [0.4, 0.5) is 0 Å². The summed E-state index contributed by atoms with van der Waals surface area (Å²) >= 11 is 1.89. The molecule has 106 valence electrons. The van der Waals surface area contributed by atoms with Crippen LogP contribution in [0, 0.1) is 6.92 Å². The molecular formula is C15H30N2S. The molecule has 0 N–H and O–H groups in total. The lowest BCUT2D eigenvalue weighted by atomic mass is 10.2. The molecule has 1 saturated heterocycles. The lowest BCUT2D eigenvalue weighted by molar-refractivity contribution is 0.149. The van der Waals surface area contributed by atoms with Crippen LogP contribution in [0.15, 0.2) is 11.4 Å². The quantitative estimate of drug-likeness (QED) is 0.805. The molecule has 2 heterocycles. The fourth-order valence-electron chi connectivity index (χ4n) is 1.78. The SMILES string of the molecule is CC.CC.Cc1ccsc1CN1CCN(C)CC1. The lowest BCUT2D eigenvalue weighted by Crippen LogP contribution is -2.43. The van der Waals surface area contributed by atoms with Crippen molar-refractivity contribution in [2.75, 3.05) is 33.2 Å². The molecule has 18 heavy (non-hydrogen) atoms. The van der Waals surface area contributed by atoms with Crippen LogP contribution in [-0.2, 0) is 6.54 Å². The van der Waals surface area contributed by atoms with Gasteiger partial charge in [-0.05, 0) is 31.0 Å². The standard InChI is InChI=1S/C11H18N2S.2C2H6/c1-10-3-8-14-11(10)9-13-6-4-12(2)5-7-13;2*1-2/h3,8H,4-7,9H2,1-2H3;2*1-2H3. The van der Waals surface area contributed by atoms with Crippen molar-refractivity contribution in [3.8, 4) is 0 Å². The van der Waals surface area contributed by atoms with Crippen LogP contribution < -0.4 is 0 Å². The zero-order valence-electron chi connectivity index (χ0n) is 13.0. The van der Waals surface area contributed by atoms with Crippen molar-refractivity contribution >= 4 is 11.3 Å². The fraction of sp³-hybridized carbons (Fsp3) is 0.733. The highest BCUT2D eigenvalue weighted by molar-refractivity contribution is 7.10. The highest BCUT2D eigenvalue weighted by atomic mass is 32.1. The number of piperazine rings is 1. The second-order valence-corrected chi connectivity index (χ2v) is 5.11. The molecule has 0 aromatic carbocycles. The normalized spacial score (nSPS) is 16.3. The van der Waals surface area contributed by atoms with E-state index in [1.54, 1.807) is 0 Å². The molecule has 0 bridgehead atoms. The van der Waals surface area contributed by atoms with E-state index < -0.39 is 0 Å². The minimum Gasteiger partial charge on any atom is -0.304 e. The van der Waals surface area contributed by atoms with E-state index in [4.69, 9.17) is 0 Å². The third-order valence-corrected chi connectivity index (χ3v) is 3.94. The van der Waals surface area contributed by atoms with Crippen LogP contribution in [0.1, 0.15) is 38.1 Å². The average molecular weight is 270 g/mol. The molecular weight excluding hydrogens is 240 g/mol. The number of likely N-dealkylation sites (N-methyl/N-ethyl adjacent to an activating group) is 1. The van der Waals surface area contributed by atoms with E-state index >= 15 is 0 Å². The van der Waals surface area contributed by atoms with Crippen LogP contribution in [0.5, 0.6) is 0 Å². The average Bonchev–Trinajstić information content (AvgIpc) is 2.83. The van der Waals surface area contributed by atoms with Gasteiger partial charge in [0.25, 0.3) is 0 Å². The number of thiophene rings is 1. The molecule has 0 aliphatic carbocycles. The third-order valence-electron chi connectivity index (χ3n) is 2.93. The van der Waals surface area contributed by atoms with Gasteiger partial charge in [0.1, 0.15) is 0 Å². The number of hydrogen-bond donors (Lipinski definition) is 0. The predicted molar refractivity (Wildman–Crippen MR) is 84.5 cm³/mol. The summed E-state index contributed by atoms with van der Waals surface area (Å²) in [5.41, 5.74) is 1.45. The van der Waals surface area contributed by atoms with Crippen LogP contribution in [0.3, 0.4) is 0 Å². The Hall–Kier alpha value is -0.380. The van der Waals surface area contributed by atoms with E-state index in [2.05, 4.69) is 35.2 Å². The largest absolute Gasteiger partial charge is 0.304 e. The summed E-state index contributed by atoms with van der Waals surface area (Å²) in [5.74, 6) is 0. The van der Waals surface area contributed by atoms with Crippen molar-refractivity contribution in [1.82, 2.24) is 9.80 Å². The number of hydrogen-bond acceptors (Lipinski definition) is 3. The fourth-order valence-corrected chi connectivity index (χ4v) is 2.72. The Kier molecular flexibility index (Phi) is 10.3. The summed E-state index contributed by atoms with van der Waals surface area (Å²) in [6.07, 6.45) is 0. The van der Waals surface area contributed by atoms with Crippen LogP contribution in [0.2, 0.25) is 0 Å². The molecule has 0 spiro atoms. The van der Waals surface area contributed by atoms with Gasteiger partial charge >= 0.3 is 0 Å². The maximum absolute atomic E-state index is 2.55. The number of nitrogens with zero attached hydrogens (tertiary/aromatic N) is 2. The summed E-state index contributed by atoms with van der Waals surface area (Å²) < 4.78 is 0. The molecule has 0 amide bonds. The first-order valence-electron chi connectivity index (χ1n) is 7.19. The molecule has 2 rings (SSSR count). The van der Waals surface area contributed by atoms with E-state index in [0.29, 0.717) is 0 Å². The van der Waals surface area contributed by atoms with E-state index in [-0.39, 0.29) is 0 Å². The van der Waals surface area contributed by atoms with Crippen molar-refractivity contribution in [3.63, 3.8) is 0 Å². The molecule has 1 aliphatic heterocycles. The highest BCUT2D eigenvalue weighted by Gasteiger charge is 2.14. The molecule has 0 unspecified atom stereocenters. The zero-order valence-corrected chi connectivity index (χ0v) is 13.8. The van der Waals surface area contributed by atoms with Gasteiger partial charge in [-0.3, -0.25) is 4.90 Å². The third kappa shape index (κ3) is 5.98. The minimum atomic E-state index is 1.15. The molecule has 1 aromatic rings. The molecule has 1 aromatic heterocycles. The van der Waals surface area contributed by atoms with Gasteiger partial charge < -0.3 is 4.90 Å². The Morgan fingerprint density at radius 2 is 1.61 bits per heavy atom. The van der Waals surface area contributed by atoms with Crippen molar-refractivity contribution in [2.45, 2.75) is 41.2 Å². The van der Waals surface area contributed by atoms with Gasteiger partial charge in [0.2, 0.25) is 0 Å². The van der Waals surface area contributed by atoms with E-state index in [0.717, 1.165) is 6.54 Å². The highest BCUT2D eigenvalue weighted by Crippen LogP contribution is 2.18. The van der Waals surface area contributed by atoms with Crippen molar-refractivity contribution in [3.05, 3.63) is 21.9 Å². The summed E-state index contributed by atoms with van der Waals surface area (Å²) in [7, 11) is 2.20. The van der Waals surface area contributed by atoms with E-state index in [1.165, 1.54) is 36.6 Å². The maximum Gasteiger partial charge on any atom is 0.0331 e. The summed E-state index contributed by atoms with van der Waals surface area (Å²) in [4.78, 5) is 6.49. The summed E-state index contributed by atoms with van der Waals surface area (Å²) in [6.45, 7) is 16.2. The van der Waals surface area contributed by atoms with Crippen molar-refractivity contribution in [2.24, 2.45) is 0 Å². The topological polar surface area (TPSA) is 6.48 Å². The second-order valence-electron chi connectivity index (χ2n) is 4.11. The number of aryl methyl sites for hydroxylation is 1. The molecule has 2 nitrogen and oxygen atoms in total. The number of rotatable bonds is 2.